The first-order valence-corrected chi connectivity index (χ1v) is 10.2. The maximum Gasteiger partial charge on any atom is 0.259 e. The number of nitrogens with one attached hydrogen (secondary N) is 2. The Morgan fingerprint density at radius 1 is 1.23 bits per heavy atom. The van der Waals surface area contributed by atoms with Crippen LogP contribution in [0.5, 0.6) is 5.75 Å². The molecule has 0 aliphatic carbocycles. The zero-order valence-electron chi connectivity index (χ0n) is 17.4. The van der Waals surface area contributed by atoms with E-state index in [-0.39, 0.29) is 11.5 Å². The number of aryl methyl sites for hydroxylation is 1. The maximum absolute atomic E-state index is 13.2. The van der Waals surface area contributed by atoms with Crippen molar-refractivity contribution in [2.45, 2.75) is 32.8 Å². The molecule has 1 aromatic carbocycles. The number of ether oxygens (including phenoxy) is 2. The molecule has 5 rings (SSSR count). The molecular formula is C22H25N5O3. The summed E-state index contributed by atoms with van der Waals surface area (Å²) < 4.78 is 11.6. The molecule has 8 nitrogen and oxygen atoms in total. The van der Waals surface area contributed by atoms with Crippen molar-refractivity contribution in [3.05, 3.63) is 41.5 Å². The minimum absolute atomic E-state index is 0.229. The van der Waals surface area contributed by atoms with Gasteiger partial charge in [-0.05, 0) is 26.8 Å². The Hall–Kier alpha value is -3.13. The lowest BCUT2D eigenvalue weighted by Crippen LogP contribution is -2.36. The van der Waals surface area contributed by atoms with Crippen molar-refractivity contribution in [3.63, 3.8) is 0 Å². The second kappa shape index (κ2) is 6.98. The highest BCUT2D eigenvalue weighted by atomic mass is 16.5. The summed E-state index contributed by atoms with van der Waals surface area (Å²) in [5.74, 6) is 1.40. The maximum atomic E-state index is 13.2. The molecule has 3 aromatic rings. The lowest BCUT2D eigenvalue weighted by molar-refractivity contribution is 0.102. The number of hydrogen-bond acceptors (Lipinski definition) is 6. The van der Waals surface area contributed by atoms with Crippen LogP contribution in [0.2, 0.25) is 0 Å². The van der Waals surface area contributed by atoms with Gasteiger partial charge < -0.3 is 24.7 Å². The average Bonchev–Trinajstić information content (AvgIpc) is 3.24. The van der Waals surface area contributed by atoms with Gasteiger partial charge in [-0.1, -0.05) is 0 Å². The fraction of sp³-hybridized carbons (Fsp3) is 0.409. The Morgan fingerprint density at radius 3 is 2.83 bits per heavy atom. The van der Waals surface area contributed by atoms with Gasteiger partial charge >= 0.3 is 0 Å². The number of amides is 1. The van der Waals surface area contributed by atoms with Crippen LogP contribution in [0.1, 0.15) is 35.6 Å². The summed E-state index contributed by atoms with van der Waals surface area (Å²) in [6.45, 7) is 8.86. The van der Waals surface area contributed by atoms with Gasteiger partial charge in [0.15, 0.2) is 0 Å². The van der Waals surface area contributed by atoms with Crippen molar-refractivity contribution in [2.24, 2.45) is 0 Å². The van der Waals surface area contributed by atoms with Crippen molar-refractivity contribution in [1.82, 2.24) is 15.0 Å². The van der Waals surface area contributed by atoms with Crippen molar-refractivity contribution < 1.29 is 14.3 Å². The summed E-state index contributed by atoms with van der Waals surface area (Å²) in [5, 5.41) is 3.11. The Labute approximate surface area is 174 Å². The summed E-state index contributed by atoms with van der Waals surface area (Å²) in [6, 6.07) is 4.08. The van der Waals surface area contributed by atoms with Crippen molar-refractivity contribution in [3.8, 4) is 5.75 Å². The van der Waals surface area contributed by atoms with Gasteiger partial charge in [0.1, 0.15) is 22.7 Å². The van der Waals surface area contributed by atoms with Crippen LogP contribution in [0, 0.1) is 6.92 Å². The van der Waals surface area contributed by atoms with Gasteiger partial charge in [0.25, 0.3) is 5.91 Å². The van der Waals surface area contributed by atoms with E-state index in [0.29, 0.717) is 24.3 Å². The first-order chi connectivity index (χ1) is 14.4. The molecule has 2 aromatic heterocycles. The summed E-state index contributed by atoms with van der Waals surface area (Å²) >= 11 is 0. The smallest absolute Gasteiger partial charge is 0.259 e. The second-order valence-corrected chi connectivity index (χ2v) is 8.47. The monoisotopic (exact) mass is 407 g/mol. The van der Waals surface area contributed by atoms with Gasteiger partial charge in [-0.15, -0.1) is 0 Å². The Balaban J connectivity index is 1.53. The second-order valence-electron chi connectivity index (χ2n) is 8.47. The molecule has 1 fully saturated rings. The van der Waals surface area contributed by atoms with Gasteiger partial charge in [0.2, 0.25) is 0 Å². The standard InChI is InChI=1S/C22H25N5O3/c1-13-24-17-12-23-11-15(20(17)25-13)21(28)26-16-8-14-10-22(2,3)30-19(14)9-18(16)27-4-6-29-7-5-27/h8-9,11-12H,4-7,10H2,1-3H3,(H,24,25)(H,26,28). The topological polar surface area (TPSA) is 92.4 Å². The van der Waals surface area contributed by atoms with Crippen LogP contribution in [0.15, 0.2) is 24.5 Å². The summed E-state index contributed by atoms with van der Waals surface area (Å²) in [6.07, 6.45) is 4.04. The van der Waals surface area contributed by atoms with Gasteiger partial charge in [0, 0.05) is 37.3 Å². The van der Waals surface area contributed by atoms with E-state index in [0.717, 1.165) is 53.5 Å². The number of anilines is 2. The predicted octanol–water partition coefficient (Wildman–Crippen LogP) is 3.07. The Kier molecular flexibility index (Phi) is 4.39. The highest BCUT2D eigenvalue weighted by Crippen LogP contribution is 2.42. The van der Waals surface area contributed by atoms with Crippen LogP contribution in [-0.4, -0.2) is 52.8 Å². The SMILES string of the molecule is Cc1nc2c(C(=O)Nc3cc4c(cc3N3CCOCC3)OC(C)(C)C4)cncc2[nH]1. The van der Waals surface area contributed by atoms with Crippen LogP contribution in [0.25, 0.3) is 11.0 Å². The Morgan fingerprint density at radius 2 is 2.03 bits per heavy atom. The number of aromatic nitrogens is 3. The third-order valence-electron chi connectivity index (χ3n) is 5.54. The third kappa shape index (κ3) is 3.37. The molecule has 156 valence electrons. The molecule has 0 spiro atoms. The number of H-pyrrole nitrogens is 1. The number of hydrogen-bond donors (Lipinski definition) is 2. The van der Waals surface area contributed by atoms with Gasteiger partial charge in [-0.25, -0.2) is 4.98 Å². The van der Waals surface area contributed by atoms with Gasteiger partial charge in [-0.2, -0.15) is 0 Å². The zero-order valence-corrected chi connectivity index (χ0v) is 17.4. The predicted molar refractivity (Wildman–Crippen MR) is 114 cm³/mol. The third-order valence-corrected chi connectivity index (χ3v) is 5.54. The van der Waals surface area contributed by atoms with Crippen molar-refractivity contribution >= 4 is 28.3 Å². The Bertz CT molecular complexity index is 1130. The molecule has 0 radical (unpaired) electrons. The van der Waals surface area contributed by atoms with Crippen LogP contribution < -0.4 is 15.0 Å². The van der Waals surface area contributed by atoms with Crippen LogP contribution in [0.4, 0.5) is 11.4 Å². The molecule has 0 bridgehead atoms. The van der Waals surface area contributed by atoms with Crippen LogP contribution >= 0.6 is 0 Å². The number of nitrogens with zero attached hydrogens (tertiary/aromatic N) is 3. The number of rotatable bonds is 3. The first-order valence-electron chi connectivity index (χ1n) is 10.2. The molecule has 1 amide bonds. The lowest BCUT2D eigenvalue weighted by Gasteiger charge is -2.31. The molecule has 2 aliphatic rings. The molecule has 0 atom stereocenters. The molecule has 4 heterocycles. The highest BCUT2D eigenvalue weighted by Gasteiger charge is 2.32. The van der Waals surface area contributed by atoms with E-state index in [1.54, 1.807) is 12.4 Å². The van der Waals surface area contributed by atoms with Gasteiger partial charge in [-0.3, -0.25) is 9.78 Å². The normalized spacial score (nSPS) is 17.6. The fourth-order valence-electron chi connectivity index (χ4n) is 4.22. The molecule has 2 N–H and O–H groups in total. The fourth-order valence-corrected chi connectivity index (χ4v) is 4.22. The lowest BCUT2D eigenvalue weighted by atomic mass is 10.0. The number of fused-ring (bicyclic) bond motifs is 2. The zero-order chi connectivity index (χ0) is 20.9. The molecule has 8 heteroatoms. The van der Waals surface area contributed by atoms with E-state index in [2.05, 4.69) is 39.0 Å². The number of morpholine rings is 1. The summed E-state index contributed by atoms with van der Waals surface area (Å²) in [5.41, 5.74) is 4.37. The van der Waals surface area contributed by atoms with Crippen LogP contribution in [0.3, 0.4) is 0 Å². The number of imidazole rings is 1. The quantitative estimate of drug-likeness (QED) is 0.693. The number of benzene rings is 1. The van der Waals surface area contributed by atoms with E-state index < -0.39 is 0 Å². The number of carbonyl (C=O) groups excluding carboxylic acids is 1. The molecule has 2 aliphatic heterocycles. The largest absolute Gasteiger partial charge is 0.487 e. The molecule has 30 heavy (non-hydrogen) atoms. The van der Waals surface area contributed by atoms with Gasteiger partial charge in [0.05, 0.1) is 41.9 Å². The number of pyridine rings is 1. The minimum Gasteiger partial charge on any atom is -0.487 e. The van der Waals surface area contributed by atoms with E-state index in [4.69, 9.17) is 9.47 Å². The molecule has 1 saturated heterocycles. The first kappa shape index (κ1) is 18.9. The minimum atomic E-state index is -0.255. The van der Waals surface area contributed by atoms with E-state index in [1.807, 2.05) is 19.1 Å². The average molecular weight is 407 g/mol. The van der Waals surface area contributed by atoms with E-state index in [9.17, 15) is 4.79 Å². The molecular weight excluding hydrogens is 382 g/mol. The highest BCUT2D eigenvalue weighted by molar-refractivity contribution is 6.12. The number of aromatic amines is 1. The van der Waals surface area contributed by atoms with Crippen molar-refractivity contribution in [1.29, 1.82) is 0 Å². The van der Waals surface area contributed by atoms with E-state index >= 15 is 0 Å². The number of carbonyl (C=O) groups is 1. The molecule has 0 saturated carbocycles. The van der Waals surface area contributed by atoms with E-state index in [1.165, 1.54) is 0 Å². The summed E-state index contributed by atoms with van der Waals surface area (Å²) in [4.78, 5) is 27.2. The van der Waals surface area contributed by atoms with Crippen LogP contribution in [-0.2, 0) is 11.2 Å². The summed E-state index contributed by atoms with van der Waals surface area (Å²) in [7, 11) is 0. The molecule has 0 unspecified atom stereocenters. The van der Waals surface area contributed by atoms with Crippen molar-refractivity contribution in [2.75, 3.05) is 36.5 Å².